The van der Waals surface area contributed by atoms with Crippen molar-refractivity contribution < 1.29 is 26.3 Å². The minimum atomic E-state index is -4.74. The van der Waals surface area contributed by atoms with Crippen LogP contribution in [0.25, 0.3) is 17.1 Å². The number of nitriles is 1. The van der Waals surface area contributed by atoms with E-state index in [4.69, 9.17) is 4.74 Å². The first-order valence-corrected chi connectivity index (χ1v) is 12.5. The van der Waals surface area contributed by atoms with Crippen molar-refractivity contribution in [1.82, 2.24) is 28.8 Å². The molecule has 190 valence electrons. The lowest BCUT2D eigenvalue weighted by molar-refractivity contribution is -0.137. The summed E-state index contributed by atoms with van der Waals surface area (Å²) in [6, 6.07) is 3.26. The maximum absolute atomic E-state index is 13.8. The van der Waals surface area contributed by atoms with Crippen LogP contribution < -0.4 is 10.1 Å². The molecule has 0 bridgehead atoms. The van der Waals surface area contributed by atoms with Crippen molar-refractivity contribution >= 4 is 16.0 Å². The number of piperidine rings is 1. The molecule has 36 heavy (non-hydrogen) atoms. The van der Waals surface area contributed by atoms with Gasteiger partial charge in [-0.1, -0.05) is 0 Å². The van der Waals surface area contributed by atoms with Gasteiger partial charge in [-0.25, -0.2) is 32.7 Å². The van der Waals surface area contributed by atoms with Gasteiger partial charge in [-0.2, -0.15) is 18.4 Å². The second-order valence-corrected chi connectivity index (χ2v) is 10.0. The van der Waals surface area contributed by atoms with Gasteiger partial charge in [-0.05, 0) is 18.9 Å². The molecule has 0 saturated carbocycles. The number of anilines is 1. The van der Waals surface area contributed by atoms with Crippen molar-refractivity contribution in [2.24, 2.45) is 0 Å². The molecule has 1 fully saturated rings. The molecule has 1 aliphatic rings. The third-order valence-corrected chi connectivity index (χ3v) is 6.96. The average molecular weight is 523 g/mol. The fourth-order valence-corrected chi connectivity index (χ4v) is 4.73. The van der Waals surface area contributed by atoms with E-state index in [-0.39, 0.29) is 42.2 Å². The van der Waals surface area contributed by atoms with Crippen LogP contribution in [0.3, 0.4) is 0 Å². The molecule has 0 aromatic carbocycles. The molecule has 1 aliphatic heterocycles. The number of nitrogens with one attached hydrogen (secondary N) is 1. The number of ether oxygens (including phenoxy) is 1. The molecule has 0 atom stereocenters. The summed E-state index contributed by atoms with van der Waals surface area (Å²) in [5.41, 5.74) is -1.18. The normalized spacial score (nSPS) is 15.4. The van der Waals surface area contributed by atoms with Crippen LogP contribution in [0.15, 0.2) is 31.0 Å². The maximum Gasteiger partial charge on any atom is 0.420 e. The number of hydrogen-bond donors (Lipinski definition) is 1. The van der Waals surface area contributed by atoms with Gasteiger partial charge in [-0.15, -0.1) is 0 Å². The van der Waals surface area contributed by atoms with Crippen LogP contribution >= 0.6 is 0 Å². The number of methoxy groups -OCH3 is 1. The number of nitrogens with zero attached hydrogens (tertiary/aromatic N) is 7. The third kappa shape index (κ3) is 5.24. The molecule has 0 unspecified atom stereocenters. The van der Waals surface area contributed by atoms with Crippen LogP contribution in [-0.2, 0) is 16.2 Å². The zero-order chi connectivity index (χ0) is 26.1. The number of halogens is 3. The fourth-order valence-electron chi connectivity index (χ4n) is 3.85. The summed E-state index contributed by atoms with van der Waals surface area (Å²) < 4.78 is 72.5. The van der Waals surface area contributed by atoms with Crippen LogP contribution in [0.4, 0.5) is 19.1 Å². The van der Waals surface area contributed by atoms with Crippen LogP contribution in [0.1, 0.15) is 24.0 Å². The molecule has 1 N–H and O–H groups in total. The van der Waals surface area contributed by atoms with Crippen molar-refractivity contribution in [3.63, 3.8) is 0 Å². The molecular formula is C21H21F3N8O3S. The van der Waals surface area contributed by atoms with Gasteiger partial charge < -0.3 is 14.6 Å². The lowest BCUT2D eigenvalue weighted by Crippen LogP contribution is -2.42. The fraction of sp³-hybridized carbons (Fsp3) is 0.381. The summed E-state index contributed by atoms with van der Waals surface area (Å²) in [6.45, 7) is 0.566. The predicted molar refractivity (Wildman–Crippen MR) is 122 cm³/mol. The van der Waals surface area contributed by atoms with E-state index in [0.29, 0.717) is 24.7 Å². The molecular weight excluding hydrogens is 501 g/mol. The molecule has 3 aromatic rings. The highest BCUT2D eigenvalue weighted by Crippen LogP contribution is 2.36. The first kappa shape index (κ1) is 25.3. The smallest absolute Gasteiger partial charge is 0.420 e. The average Bonchev–Trinajstić information content (AvgIpc) is 3.32. The van der Waals surface area contributed by atoms with Crippen LogP contribution in [0.5, 0.6) is 5.88 Å². The van der Waals surface area contributed by atoms with Crippen LogP contribution in [0, 0.1) is 11.3 Å². The van der Waals surface area contributed by atoms with E-state index in [2.05, 4.69) is 25.3 Å². The molecule has 0 spiro atoms. The molecule has 4 rings (SSSR count). The third-order valence-electron chi connectivity index (χ3n) is 5.65. The molecule has 4 heterocycles. The van der Waals surface area contributed by atoms with Crippen molar-refractivity contribution in [3.05, 3.63) is 42.1 Å². The minimum Gasteiger partial charge on any atom is -0.480 e. The monoisotopic (exact) mass is 522 g/mol. The summed E-state index contributed by atoms with van der Waals surface area (Å²) in [5, 5.41) is 12.5. The first-order valence-electron chi connectivity index (χ1n) is 10.6. The van der Waals surface area contributed by atoms with Gasteiger partial charge in [0.25, 0.3) is 0 Å². The summed E-state index contributed by atoms with van der Waals surface area (Å²) in [5.74, 6) is 0.0327. The van der Waals surface area contributed by atoms with Gasteiger partial charge in [0.15, 0.2) is 0 Å². The maximum atomic E-state index is 13.8. The summed E-state index contributed by atoms with van der Waals surface area (Å²) >= 11 is 0. The largest absolute Gasteiger partial charge is 0.480 e. The van der Waals surface area contributed by atoms with E-state index in [1.165, 1.54) is 40.8 Å². The Kier molecular flexibility index (Phi) is 6.83. The van der Waals surface area contributed by atoms with Crippen molar-refractivity contribution in [3.8, 4) is 29.0 Å². The number of pyridine rings is 1. The summed E-state index contributed by atoms with van der Waals surface area (Å²) in [4.78, 5) is 16.0. The number of aromatic nitrogens is 5. The highest BCUT2D eigenvalue weighted by Gasteiger charge is 2.36. The van der Waals surface area contributed by atoms with Gasteiger partial charge in [0, 0.05) is 37.7 Å². The number of imidazole rings is 1. The second-order valence-electron chi connectivity index (χ2n) is 8.03. The van der Waals surface area contributed by atoms with E-state index >= 15 is 0 Å². The zero-order valence-corrected chi connectivity index (χ0v) is 20.0. The number of hydrogen-bond acceptors (Lipinski definition) is 9. The van der Waals surface area contributed by atoms with E-state index < -0.39 is 27.5 Å². The highest BCUT2D eigenvalue weighted by molar-refractivity contribution is 7.88. The Morgan fingerprint density at radius 1 is 1.22 bits per heavy atom. The lowest BCUT2D eigenvalue weighted by atomic mass is 10.1. The van der Waals surface area contributed by atoms with Gasteiger partial charge in [0.05, 0.1) is 19.1 Å². The summed E-state index contributed by atoms with van der Waals surface area (Å²) in [6.07, 6.45) is 1.96. The molecule has 0 radical (unpaired) electrons. The zero-order valence-electron chi connectivity index (χ0n) is 19.2. The van der Waals surface area contributed by atoms with E-state index in [1.807, 2.05) is 6.07 Å². The van der Waals surface area contributed by atoms with Crippen LogP contribution in [0.2, 0.25) is 0 Å². The predicted octanol–water partition coefficient (Wildman–Crippen LogP) is 2.46. The van der Waals surface area contributed by atoms with Gasteiger partial charge in [0.1, 0.15) is 34.9 Å². The molecule has 0 amide bonds. The Morgan fingerprint density at radius 2 is 1.94 bits per heavy atom. The van der Waals surface area contributed by atoms with Gasteiger partial charge in [0.2, 0.25) is 21.9 Å². The van der Waals surface area contributed by atoms with Crippen molar-refractivity contribution in [1.29, 1.82) is 5.26 Å². The van der Waals surface area contributed by atoms with Gasteiger partial charge in [-0.3, -0.25) is 0 Å². The van der Waals surface area contributed by atoms with E-state index in [0.717, 1.165) is 6.26 Å². The Hall–Kier alpha value is -3.77. The first-order chi connectivity index (χ1) is 17.0. The van der Waals surface area contributed by atoms with Gasteiger partial charge >= 0.3 is 6.18 Å². The van der Waals surface area contributed by atoms with E-state index in [1.54, 1.807) is 0 Å². The number of sulfonamides is 1. The topological polar surface area (TPSA) is 139 Å². The SMILES string of the molecule is COc1nccc(-n2cnc(-c3nc(NC4CCN(S(C)(=O)=O)CC4)ncc3C(F)(F)F)c2)c1C#N. The Morgan fingerprint density at radius 3 is 2.56 bits per heavy atom. The highest BCUT2D eigenvalue weighted by atomic mass is 32.2. The van der Waals surface area contributed by atoms with Crippen LogP contribution in [-0.4, -0.2) is 69.7 Å². The van der Waals surface area contributed by atoms with Crippen molar-refractivity contribution in [2.45, 2.75) is 25.1 Å². The number of alkyl halides is 3. The van der Waals surface area contributed by atoms with Crippen molar-refractivity contribution in [2.75, 3.05) is 31.8 Å². The number of rotatable bonds is 6. The molecule has 0 aliphatic carbocycles. The molecule has 3 aromatic heterocycles. The standard InChI is InChI=1S/C21H21F3N8O3S/c1-35-19-14(9-25)17(3-6-26-19)31-11-16(28-12-31)18-15(21(22,23)24)10-27-20(30-18)29-13-4-7-32(8-5-13)36(2,33)34/h3,6,10-13H,4-5,7-8H2,1-2H3,(H,27,29,30). The molecule has 15 heteroatoms. The lowest BCUT2D eigenvalue weighted by Gasteiger charge is -2.30. The Bertz CT molecular complexity index is 1410. The second kappa shape index (κ2) is 9.70. The quantitative estimate of drug-likeness (QED) is 0.517. The van der Waals surface area contributed by atoms with E-state index in [9.17, 15) is 26.9 Å². The Balaban J connectivity index is 1.65. The molecule has 11 nitrogen and oxygen atoms in total. The minimum absolute atomic E-state index is 0.0337. The Labute approximate surface area is 204 Å². The molecule has 1 saturated heterocycles. The summed E-state index contributed by atoms with van der Waals surface area (Å²) in [7, 11) is -1.96.